The third kappa shape index (κ3) is 2.90. The van der Waals surface area contributed by atoms with Crippen LogP contribution >= 0.6 is 11.8 Å². The van der Waals surface area contributed by atoms with E-state index in [0.717, 1.165) is 22.2 Å². The Kier molecular flexibility index (Phi) is 3.82. The molecule has 0 amide bonds. The van der Waals surface area contributed by atoms with Gasteiger partial charge in [0.2, 0.25) is 5.95 Å². The minimum Gasteiger partial charge on any atom is -0.492 e. The summed E-state index contributed by atoms with van der Waals surface area (Å²) in [7, 11) is 0. The maximum atomic E-state index is 5.84. The minimum absolute atomic E-state index is 0.504. The number of nitrogens with zero attached hydrogens (tertiary/aromatic N) is 3. The molecule has 0 saturated heterocycles. The third-order valence-electron chi connectivity index (χ3n) is 3.27. The Hall–Kier alpha value is -1.69. The van der Waals surface area contributed by atoms with Gasteiger partial charge in [0, 0.05) is 11.8 Å². The predicted molar refractivity (Wildman–Crippen MR) is 80.1 cm³/mol. The summed E-state index contributed by atoms with van der Waals surface area (Å²) in [4.78, 5) is 0. The molecule has 106 valence electrons. The number of aryl methyl sites for hydroxylation is 1. The van der Waals surface area contributed by atoms with Gasteiger partial charge in [-0.2, -0.15) is 0 Å². The lowest BCUT2D eigenvalue weighted by Gasteiger charge is -2.09. The Labute approximate surface area is 122 Å². The van der Waals surface area contributed by atoms with Crippen LogP contribution in [0.1, 0.15) is 24.4 Å². The highest BCUT2D eigenvalue weighted by Gasteiger charge is 2.28. The Morgan fingerprint density at radius 1 is 1.35 bits per heavy atom. The molecule has 2 aromatic rings. The van der Waals surface area contributed by atoms with Crippen molar-refractivity contribution in [3.8, 4) is 5.75 Å². The fourth-order valence-corrected chi connectivity index (χ4v) is 2.90. The topological polar surface area (TPSA) is 66.0 Å². The second-order valence-corrected chi connectivity index (χ2v) is 5.97. The van der Waals surface area contributed by atoms with Crippen LogP contribution in [-0.2, 0) is 0 Å². The van der Waals surface area contributed by atoms with Crippen LogP contribution in [0, 0.1) is 6.92 Å². The molecule has 0 unspecified atom stereocenters. The molecule has 1 aliphatic rings. The van der Waals surface area contributed by atoms with E-state index in [0.29, 0.717) is 18.6 Å². The number of nitrogen functional groups attached to an aromatic ring is 1. The lowest BCUT2D eigenvalue weighted by Crippen LogP contribution is -2.05. The molecule has 0 aliphatic heterocycles. The zero-order chi connectivity index (χ0) is 13.9. The maximum Gasteiger partial charge on any atom is 0.222 e. The molecular formula is C14H18N4OS. The first-order valence-corrected chi connectivity index (χ1v) is 7.76. The first-order chi connectivity index (χ1) is 9.75. The first-order valence-electron chi connectivity index (χ1n) is 6.77. The van der Waals surface area contributed by atoms with Crippen LogP contribution in [0.3, 0.4) is 0 Å². The van der Waals surface area contributed by atoms with Crippen LogP contribution in [-0.4, -0.2) is 27.1 Å². The van der Waals surface area contributed by atoms with E-state index in [1.165, 1.54) is 12.8 Å². The van der Waals surface area contributed by atoms with Gasteiger partial charge in [0.1, 0.15) is 5.75 Å². The molecule has 0 atom stereocenters. The van der Waals surface area contributed by atoms with E-state index in [4.69, 9.17) is 10.5 Å². The van der Waals surface area contributed by atoms with Crippen molar-refractivity contribution < 1.29 is 4.74 Å². The number of ether oxygens (including phenoxy) is 1. The van der Waals surface area contributed by atoms with E-state index < -0.39 is 0 Å². The van der Waals surface area contributed by atoms with Crippen LogP contribution < -0.4 is 10.5 Å². The molecule has 1 heterocycles. The summed E-state index contributed by atoms with van der Waals surface area (Å²) in [6.45, 7) is 2.69. The highest BCUT2D eigenvalue weighted by molar-refractivity contribution is 7.99. The number of thioether (sulfide) groups is 1. The van der Waals surface area contributed by atoms with Crippen molar-refractivity contribution in [2.75, 3.05) is 18.1 Å². The van der Waals surface area contributed by atoms with E-state index >= 15 is 0 Å². The number of hydrogen-bond donors (Lipinski definition) is 1. The second-order valence-electron chi connectivity index (χ2n) is 4.90. The summed E-state index contributed by atoms with van der Waals surface area (Å²) in [5, 5.41) is 8.99. The monoisotopic (exact) mass is 290 g/mol. The molecular weight excluding hydrogens is 272 g/mol. The summed E-state index contributed by atoms with van der Waals surface area (Å²) in [6.07, 6.45) is 2.35. The van der Waals surface area contributed by atoms with Crippen LogP contribution in [0.5, 0.6) is 5.75 Å². The lowest BCUT2D eigenvalue weighted by atomic mass is 10.2. The van der Waals surface area contributed by atoms with Crippen molar-refractivity contribution in [1.29, 1.82) is 0 Å². The van der Waals surface area contributed by atoms with Gasteiger partial charge in [-0.15, -0.1) is 10.2 Å². The van der Waals surface area contributed by atoms with Gasteiger partial charge in [-0.1, -0.05) is 30.0 Å². The van der Waals surface area contributed by atoms with Gasteiger partial charge in [0.05, 0.1) is 6.61 Å². The molecule has 1 saturated carbocycles. The summed E-state index contributed by atoms with van der Waals surface area (Å²) in [5.41, 5.74) is 7.00. The van der Waals surface area contributed by atoms with Crippen LogP contribution in [0.25, 0.3) is 0 Å². The molecule has 1 aromatic carbocycles. The van der Waals surface area contributed by atoms with E-state index in [9.17, 15) is 0 Å². The standard InChI is InChI=1S/C14H18N4OS/c1-10-4-2-3-5-12(10)19-8-9-20-14-17-16-13(15)18(14)11-6-7-11/h2-5,11H,6-9H2,1H3,(H2,15,16). The quantitative estimate of drug-likeness (QED) is 0.654. The van der Waals surface area contributed by atoms with E-state index in [1.807, 2.05) is 35.8 Å². The summed E-state index contributed by atoms with van der Waals surface area (Å²) < 4.78 is 7.81. The van der Waals surface area contributed by atoms with Gasteiger partial charge < -0.3 is 10.5 Å². The van der Waals surface area contributed by atoms with Gasteiger partial charge in [0.15, 0.2) is 5.16 Å². The molecule has 3 rings (SSSR count). The van der Waals surface area contributed by atoms with E-state index in [1.54, 1.807) is 11.8 Å². The number of nitrogens with two attached hydrogens (primary N) is 1. The largest absolute Gasteiger partial charge is 0.492 e. The van der Waals surface area contributed by atoms with Crippen LogP contribution in [0.4, 0.5) is 5.95 Å². The first kappa shape index (κ1) is 13.3. The summed E-state index contributed by atoms with van der Waals surface area (Å²) in [5.74, 6) is 2.30. The van der Waals surface area contributed by atoms with Gasteiger partial charge in [-0.25, -0.2) is 0 Å². The van der Waals surface area contributed by atoms with Crippen molar-refractivity contribution in [3.05, 3.63) is 29.8 Å². The van der Waals surface area contributed by atoms with E-state index in [2.05, 4.69) is 10.2 Å². The molecule has 1 fully saturated rings. The van der Waals surface area contributed by atoms with Crippen LogP contribution in [0.15, 0.2) is 29.4 Å². The van der Waals surface area contributed by atoms with Crippen molar-refractivity contribution in [2.24, 2.45) is 0 Å². The predicted octanol–water partition coefficient (Wildman–Crippen LogP) is 2.67. The van der Waals surface area contributed by atoms with Gasteiger partial charge >= 0.3 is 0 Å². The normalized spacial score (nSPS) is 14.4. The number of para-hydroxylation sites is 1. The lowest BCUT2D eigenvalue weighted by molar-refractivity contribution is 0.341. The van der Waals surface area contributed by atoms with Crippen molar-refractivity contribution in [3.63, 3.8) is 0 Å². The Morgan fingerprint density at radius 3 is 2.90 bits per heavy atom. The number of hydrogen-bond acceptors (Lipinski definition) is 5. The Balaban J connectivity index is 1.52. The van der Waals surface area contributed by atoms with Gasteiger partial charge in [-0.05, 0) is 31.4 Å². The summed E-state index contributed by atoms with van der Waals surface area (Å²) in [6, 6.07) is 8.54. The molecule has 0 bridgehead atoms. The molecule has 5 nitrogen and oxygen atoms in total. The molecule has 1 aromatic heterocycles. The molecule has 6 heteroatoms. The SMILES string of the molecule is Cc1ccccc1OCCSc1nnc(N)n1C1CC1. The Bertz CT molecular complexity index is 595. The Morgan fingerprint density at radius 2 is 2.15 bits per heavy atom. The fraction of sp³-hybridized carbons (Fsp3) is 0.429. The number of anilines is 1. The molecule has 1 aliphatic carbocycles. The van der Waals surface area contributed by atoms with Gasteiger partial charge in [0.25, 0.3) is 0 Å². The second kappa shape index (κ2) is 5.75. The molecule has 2 N–H and O–H groups in total. The average molecular weight is 290 g/mol. The maximum absolute atomic E-state index is 5.84. The zero-order valence-corrected chi connectivity index (χ0v) is 12.3. The summed E-state index contributed by atoms with van der Waals surface area (Å²) >= 11 is 1.65. The minimum atomic E-state index is 0.504. The zero-order valence-electron chi connectivity index (χ0n) is 11.5. The smallest absolute Gasteiger partial charge is 0.222 e. The molecule has 0 radical (unpaired) electrons. The number of aromatic nitrogens is 3. The van der Waals surface area contributed by atoms with Crippen molar-refractivity contribution in [1.82, 2.24) is 14.8 Å². The number of benzene rings is 1. The molecule has 20 heavy (non-hydrogen) atoms. The van der Waals surface area contributed by atoms with Crippen molar-refractivity contribution in [2.45, 2.75) is 31.0 Å². The van der Waals surface area contributed by atoms with Gasteiger partial charge in [-0.3, -0.25) is 4.57 Å². The number of rotatable bonds is 6. The van der Waals surface area contributed by atoms with Crippen molar-refractivity contribution >= 4 is 17.7 Å². The highest BCUT2D eigenvalue weighted by atomic mass is 32.2. The average Bonchev–Trinajstić information content (AvgIpc) is 3.21. The highest BCUT2D eigenvalue weighted by Crippen LogP contribution is 2.39. The molecule has 0 spiro atoms. The third-order valence-corrected chi connectivity index (χ3v) is 4.18. The van der Waals surface area contributed by atoms with E-state index in [-0.39, 0.29) is 0 Å². The fourth-order valence-electron chi connectivity index (χ4n) is 2.07. The van der Waals surface area contributed by atoms with Crippen LogP contribution in [0.2, 0.25) is 0 Å².